The summed E-state index contributed by atoms with van der Waals surface area (Å²) < 4.78 is 0. The number of aliphatic hydroxyl groups is 1. The van der Waals surface area contributed by atoms with Crippen molar-refractivity contribution in [2.24, 2.45) is 0 Å². The van der Waals surface area contributed by atoms with E-state index >= 15 is 0 Å². The average molecular weight is 282 g/mol. The van der Waals surface area contributed by atoms with Gasteiger partial charge in [0.15, 0.2) is 0 Å². The Bertz CT molecular complexity index is 568. The standard InChI is InChI=1S/C18H22N2O/c1-2-18(21)17-9-8-16(12-19-17)20-11-10-15(13-20)14-6-4-3-5-7-14/h3-9,12,15,18,21H,2,10-11,13H2,1H3/t15?,18-/m0/s1. The molecule has 110 valence electrons. The Labute approximate surface area is 126 Å². The molecule has 2 aromatic rings. The molecule has 1 aliphatic rings. The first-order valence-corrected chi connectivity index (χ1v) is 7.72. The average Bonchev–Trinajstić information content (AvgIpc) is 3.05. The summed E-state index contributed by atoms with van der Waals surface area (Å²) in [6.07, 6.45) is 3.33. The van der Waals surface area contributed by atoms with Crippen LogP contribution in [0.15, 0.2) is 48.7 Å². The van der Waals surface area contributed by atoms with Crippen molar-refractivity contribution in [3.63, 3.8) is 0 Å². The molecule has 2 atom stereocenters. The summed E-state index contributed by atoms with van der Waals surface area (Å²) in [5.41, 5.74) is 3.34. The fourth-order valence-electron chi connectivity index (χ4n) is 2.98. The van der Waals surface area contributed by atoms with Gasteiger partial charge in [-0.05, 0) is 30.5 Å². The molecule has 3 nitrogen and oxygen atoms in total. The van der Waals surface area contributed by atoms with Crippen molar-refractivity contribution in [3.8, 4) is 0 Å². The highest BCUT2D eigenvalue weighted by Gasteiger charge is 2.24. The van der Waals surface area contributed by atoms with Crippen LogP contribution >= 0.6 is 0 Å². The molecule has 1 aliphatic heterocycles. The first-order chi connectivity index (χ1) is 10.3. The Balaban J connectivity index is 1.69. The number of nitrogens with zero attached hydrogens (tertiary/aromatic N) is 2. The number of aromatic nitrogens is 1. The second kappa shape index (κ2) is 6.27. The van der Waals surface area contributed by atoms with E-state index in [9.17, 15) is 5.11 Å². The third-order valence-corrected chi connectivity index (χ3v) is 4.32. The van der Waals surface area contributed by atoms with E-state index in [0.717, 1.165) is 24.5 Å². The Morgan fingerprint density at radius 1 is 1.24 bits per heavy atom. The number of rotatable bonds is 4. The van der Waals surface area contributed by atoms with Crippen LogP contribution in [0.3, 0.4) is 0 Å². The maximum Gasteiger partial charge on any atom is 0.0957 e. The third kappa shape index (κ3) is 3.08. The molecular weight excluding hydrogens is 260 g/mol. The van der Waals surface area contributed by atoms with Crippen LogP contribution in [0.4, 0.5) is 5.69 Å². The molecule has 3 rings (SSSR count). The molecule has 0 bridgehead atoms. The number of hydrogen-bond acceptors (Lipinski definition) is 3. The molecule has 0 amide bonds. The Hall–Kier alpha value is -1.87. The minimum absolute atomic E-state index is 0.449. The molecule has 1 fully saturated rings. The van der Waals surface area contributed by atoms with Crippen LogP contribution < -0.4 is 4.90 Å². The van der Waals surface area contributed by atoms with Crippen LogP contribution in [0.5, 0.6) is 0 Å². The molecule has 21 heavy (non-hydrogen) atoms. The van der Waals surface area contributed by atoms with E-state index in [2.05, 4.69) is 46.3 Å². The minimum atomic E-state index is -0.449. The summed E-state index contributed by atoms with van der Waals surface area (Å²) in [6.45, 7) is 4.07. The van der Waals surface area contributed by atoms with Gasteiger partial charge >= 0.3 is 0 Å². The number of anilines is 1. The highest BCUT2D eigenvalue weighted by atomic mass is 16.3. The van der Waals surface area contributed by atoms with Gasteiger partial charge in [0.05, 0.1) is 23.7 Å². The summed E-state index contributed by atoms with van der Waals surface area (Å²) in [6, 6.07) is 14.7. The van der Waals surface area contributed by atoms with Crippen molar-refractivity contribution in [3.05, 3.63) is 59.9 Å². The quantitative estimate of drug-likeness (QED) is 0.932. The third-order valence-electron chi connectivity index (χ3n) is 4.32. The van der Waals surface area contributed by atoms with Gasteiger partial charge in [-0.3, -0.25) is 4.98 Å². The van der Waals surface area contributed by atoms with Crippen molar-refractivity contribution in [2.45, 2.75) is 31.8 Å². The summed E-state index contributed by atoms with van der Waals surface area (Å²) in [4.78, 5) is 6.78. The summed E-state index contributed by atoms with van der Waals surface area (Å²) >= 11 is 0. The Kier molecular flexibility index (Phi) is 4.20. The van der Waals surface area contributed by atoms with Crippen molar-refractivity contribution < 1.29 is 5.11 Å². The van der Waals surface area contributed by atoms with Crippen molar-refractivity contribution >= 4 is 5.69 Å². The molecule has 2 heterocycles. The maximum absolute atomic E-state index is 9.80. The van der Waals surface area contributed by atoms with Gasteiger partial charge in [0.25, 0.3) is 0 Å². The Morgan fingerprint density at radius 3 is 2.71 bits per heavy atom. The number of pyridine rings is 1. The van der Waals surface area contributed by atoms with Gasteiger partial charge in [0.1, 0.15) is 0 Å². The van der Waals surface area contributed by atoms with Gasteiger partial charge in [-0.1, -0.05) is 37.3 Å². The van der Waals surface area contributed by atoms with Crippen LogP contribution in [0.2, 0.25) is 0 Å². The first kappa shape index (κ1) is 14.1. The lowest BCUT2D eigenvalue weighted by Gasteiger charge is -2.19. The maximum atomic E-state index is 9.80. The smallest absolute Gasteiger partial charge is 0.0957 e. The largest absolute Gasteiger partial charge is 0.387 e. The van der Waals surface area contributed by atoms with E-state index in [1.807, 2.05) is 19.2 Å². The van der Waals surface area contributed by atoms with Crippen LogP contribution in [0.25, 0.3) is 0 Å². The van der Waals surface area contributed by atoms with E-state index in [-0.39, 0.29) is 0 Å². The summed E-state index contributed by atoms with van der Waals surface area (Å²) in [7, 11) is 0. The fraction of sp³-hybridized carbons (Fsp3) is 0.389. The molecule has 0 radical (unpaired) electrons. The minimum Gasteiger partial charge on any atom is -0.387 e. The highest BCUT2D eigenvalue weighted by molar-refractivity contribution is 5.47. The van der Waals surface area contributed by atoms with E-state index in [0.29, 0.717) is 12.3 Å². The molecule has 3 heteroatoms. The first-order valence-electron chi connectivity index (χ1n) is 7.72. The zero-order valence-corrected chi connectivity index (χ0v) is 12.4. The van der Waals surface area contributed by atoms with E-state index in [1.165, 1.54) is 12.0 Å². The summed E-state index contributed by atoms with van der Waals surface area (Å²) in [5.74, 6) is 0.604. The normalized spacial score (nSPS) is 19.7. The van der Waals surface area contributed by atoms with E-state index in [4.69, 9.17) is 0 Å². The monoisotopic (exact) mass is 282 g/mol. The van der Waals surface area contributed by atoms with Gasteiger partial charge in [-0.15, -0.1) is 0 Å². The number of aliphatic hydroxyl groups excluding tert-OH is 1. The van der Waals surface area contributed by atoms with Crippen LogP contribution in [-0.4, -0.2) is 23.2 Å². The molecule has 0 spiro atoms. The molecular formula is C18H22N2O. The fourth-order valence-corrected chi connectivity index (χ4v) is 2.98. The SMILES string of the molecule is CC[C@H](O)c1ccc(N2CCC(c3ccccc3)C2)cn1. The topological polar surface area (TPSA) is 36.4 Å². The van der Waals surface area contributed by atoms with Crippen LogP contribution in [0.1, 0.15) is 43.0 Å². The lowest BCUT2D eigenvalue weighted by atomic mass is 9.99. The predicted octanol–water partition coefficient (Wildman–Crippen LogP) is 3.52. The zero-order valence-electron chi connectivity index (χ0n) is 12.4. The number of benzene rings is 1. The molecule has 1 aromatic heterocycles. The second-order valence-electron chi connectivity index (χ2n) is 5.71. The highest BCUT2D eigenvalue weighted by Crippen LogP contribution is 2.30. The van der Waals surface area contributed by atoms with Gasteiger partial charge in [0, 0.05) is 19.0 Å². The molecule has 0 aliphatic carbocycles. The van der Waals surface area contributed by atoms with Crippen LogP contribution in [0, 0.1) is 0 Å². The van der Waals surface area contributed by atoms with Gasteiger partial charge in [-0.25, -0.2) is 0 Å². The van der Waals surface area contributed by atoms with Gasteiger partial charge in [-0.2, -0.15) is 0 Å². The molecule has 1 unspecified atom stereocenters. The lowest BCUT2D eigenvalue weighted by molar-refractivity contribution is 0.169. The lowest BCUT2D eigenvalue weighted by Crippen LogP contribution is -2.19. The van der Waals surface area contributed by atoms with Crippen molar-refractivity contribution in [2.75, 3.05) is 18.0 Å². The predicted molar refractivity (Wildman–Crippen MR) is 85.5 cm³/mol. The Morgan fingerprint density at radius 2 is 2.05 bits per heavy atom. The molecule has 1 aromatic carbocycles. The summed E-state index contributed by atoms with van der Waals surface area (Å²) in [5, 5.41) is 9.80. The van der Waals surface area contributed by atoms with Crippen LogP contribution in [-0.2, 0) is 0 Å². The van der Waals surface area contributed by atoms with E-state index in [1.54, 1.807) is 0 Å². The zero-order chi connectivity index (χ0) is 14.7. The molecule has 1 N–H and O–H groups in total. The van der Waals surface area contributed by atoms with Gasteiger partial charge < -0.3 is 10.0 Å². The van der Waals surface area contributed by atoms with Gasteiger partial charge in [0.2, 0.25) is 0 Å². The van der Waals surface area contributed by atoms with Crippen molar-refractivity contribution in [1.82, 2.24) is 4.98 Å². The molecule has 1 saturated heterocycles. The second-order valence-corrected chi connectivity index (χ2v) is 5.71. The molecule has 0 saturated carbocycles. The number of hydrogen-bond donors (Lipinski definition) is 1. The van der Waals surface area contributed by atoms with E-state index < -0.39 is 6.10 Å². The van der Waals surface area contributed by atoms with Crippen molar-refractivity contribution in [1.29, 1.82) is 0 Å².